The summed E-state index contributed by atoms with van der Waals surface area (Å²) >= 11 is 0. The van der Waals surface area contributed by atoms with Crippen molar-refractivity contribution in [2.24, 2.45) is 17.8 Å². The highest BCUT2D eigenvalue weighted by molar-refractivity contribution is 5.85. The molecule has 2 rings (SSSR count). The molecule has 0 aromatic rings. The van der Waals surface area contributed by atoms with Crippen LogP contribution in [0.4, 0.5) is 0 Å². The molecule has 0 radical (unpaired) electrons. The van der Waals surface area contributed by atoms with Crippen molar-refractivity contribution in [3.05, 3.63) is 0 Å². The number of halogens is 1. The molecule has 1 aliphatic heterocycles. The standard InChI is InChI=1S/C13H24N2O.ClH/c1-9(2)10-3-5-12(6-4-10)15-13(16)11-7-14-8-11;/h9-12,14H,3-8H2,1-2H3,(H,15,16);1H. The van der Waals surface area contributed by atoms with Gasteiger partial charge in [-0.3, -0.25) is 4.79 Å². The summed E-state index contributed by atoms with van der Waals surface area (Å²) in [6.07, 6.45) is 4.92. The first kappa shape index (κ1) is 14.8. The molecule has 17 heavy (non-hydrogen) atoms. The third-order valence-corrected chi connectivity index (χ3v) is 4.21. The molecule has 1 saturated carbocycles. The van der Waals surface area contributed by atoms with Crippen LogP contribution >= 0.6 is 12.4 Å². The first-order valence-corrected chi connectivity index (χ1v) is 6.68. The number of amides is 1. The van der Waals surface area contributed by atoms with E-state index in [9.17, 15) is 4.79 Å². The molecule has 0 bridgehead atoms. The van der Waals surface area contributed by atoms with Gasteiger partial charge in [-0.15, -0.1) is 12.4 Å². The summed E-state index contributed by atoms with van der Waals surface area (Å²) in [5.74, 6) is 2.18. The zero-order valence-corrected chi connectivity index (χ0v) is 11.7. The second-order valence-corrected chi connectivity index (χ2v) is 5.72. The van der Waals surface area contributed by atoms with Gasteiger partial charge < -0.3 is 10.6 Å². The number of carbonyl (C=O) groups excluding carboxylic acids is 1. The van der Waals surface area contributed by atoms with Gasteiger partial charge in [0, 0.05) is 19.1 Å². The van der Waals surface area contributed by atoms with E-state index in [-0.39, 0.29) is 24.2 Å². The van der Waals surface area contributed by atoms with Crippen LogP contribution in [0.3, 0.4) is 0 Å². The Morgan fingerprint density at radius 2 is 1.76 bits per heavy atom. The van der Waals surface area contributed by atoms with Gasteiger partial charge in [0.25, 0.3) is 0 Å². The lowest BCUT2D eigenvalue weighted by molar-refractivity contribution is -0.127. The van der Waals surface area contributed by atoms with Gasteiger partial charge in [-0.1, -0.05) is 13.8 Å². The van der Waals surface area contributed by atoms with Crippen LogP contribution in [0.5, 0.6) is 0 Å². The lowest BCUT2D eigenvalue weighted by Crippen LogP contribution is -2.53. The predicted octanol–water partition coefficient (Wildman–Crippen LogP) is 1.96. The van der Waals surface area contributed by atoms with Crippen molar-refractivity contribution in [3.63, 3.8) is 0 Å². The van der Waals surface area contributed by atoms with Crippen molar-refractivity contribution >= 4 is 18.3 Å². The van der Waals surface area contributed by atoms with Gasteiger partial charge in [-0.05, 0) is 37.5 Å². The molecule has 0 spiro atoms. The maximum atomic E-state index is 11.8. The van der Waals surface area contributed by atoms with Crippen molar-refractivity contribution in [3.8, 4) is 0 Å². The maximum absolute atomic E-state index is 11.8. The van der Waals surface area contributed by atoms with E-state index in [0.29, 0.717) is 6.04 Å². The molecular formula is C13H25ClN2O. The largest absolute Gasteiger partial charge is 0.353 e. The highest BCUT2D eigenvalue weighted by atomic mass is 35.5. The topological polar surface area (TPSA) is 41.1 Å². The Morgan fingerprint density at radius 1 is 1.18 bits per heavy atom. The van der Waals surface area contributed by atoms with Crippen molar-refractivity contribution < 1.29 is 4.79 Å². The lowest BCUT2D eigenvalue weighted by atomic mass is 9.79. The Kier molecular flexibility index (Phi) is 5.74. The number of carbonyl (C=O) groups is 1. The van der Waals surface area contributed by atoms with Crippen molar-refractivity contribution in [1.29, 1.82) is 0 Å². The second kappa shape index (κ2) is 6.60. The molecule has 2 fully saturated rings. The minimum absolute atomic E-state index is 0. The molecule has 1 aliphatic carbocycles. The molecule has 0 aromatic heterocycles. The Labute approximate surface area is 111 Å². The average molecular weight is 261 g/mol. The first-order valence-electron chi connectivity index (χ1n) is 6.68. The highest BCUT2D eigenvalue weighted by Crippen LogP contribution is 2.29. The van der Waals surface area contributed by atoms with Crippen molar-refractivity contribution in [1.82, 2.24) is 10.6 Å². The van der Waals surface area contributed by atoms with Crippen LogP contribution in [-0.4, -0.2) is 25.0 Å². The van der Waals surface area contributed by atoms with Crippen LogP contribution < -0.4 is 10.6 Å². The highest BCUT2D eigenvalue weighted by Gasteiger charge is 2.29. The van der Waals surface area contributed by atoms with Gasteiger partial charge in [0.2, 0.25) is 5.91 Å². The summed E-state index contributed by atoms with van der Waals surface area (Å²) < 4.78 is 0. The van der Waals surface area contributed by atoms with Gasteiger partial charge >= 0.3 is 0 Å². The molecule has 2 N–H and O–H groups in total. The Balaban J connectivity index is 0.00000144. The van der Waals surface area contributed by atoms with E-state index in [0.717, 1.165) is 24.9 Å². The third kappa shape index (κ3) is 3.85. The van der Waals surface area contributed by atoms with E-state index < -0.39 is 0 Å². The number of rotatable bonds is 3. The molecule has 4 heteroatoms. The molecule has 3 nitrogen and oxygen atoms in total. The van der Waals surface area contributed by atoms with Crippen LogP contribution in [-0.2, 0) is 4.79 Å². The lowest BCUT2D eigenvalue weighted by Gasteiger charge is -2.33. The normalized spacial score (nSPS) is 29.4. The van der Waals surface area contributed by atoms with Gasteiger partial charge in [-0.2, -0.15) is 0 Å². The fourth-order valence-corrected chi connectivity index (χ4v) is 2.72. The van der Waals surface area contributed by atoms with E-state index >= 15 is 0 Å². The third-order valence-electron chi connectivity index (χ3n) is 4.21. The van der Waals surface area contributed by atoms with Gasteiger partial charge in [-0.25, -0.2) is 0 Å². The zero-order chi connectivity index (χ0) is 11.5. The molecule has 0 aromatic carbocycles. The average Bonchev–Trinajstić information content (AvgIpc) is 2.15. The molecule has 0 atom stereocenters. The molecular weight excluding hydrogens is 236 g/mol. The quantitative estimate of drug-likeness (QED) is 0.815. The van der Waals surface area contributed by atoms with Crippen LogP contribution in [0.1, 0.15) is 39.5 Å². The monoisotopic (exact) mass is 260 g/mol. The summed E-state index contributed by atoms with van der Waals surface area (Å²) in [7, 11) is 0. The van der Waals surface area contributed by atoms with Gasteiger partial charge in [0.1, 0.15) is 0 Å². The number of hydrogen-bond acceptors (Lipinski definition) is 2. The minimum atomic E-state index is 0. The fourth-order valence-electron chi connectivity index (χ4n) is 2.72. The summed E-state index contributed by atoms with van der Waals surface area (Å²) in [6, 6.07) is 0.447. The summed E-state index contributed by atoms with van der Waals surface area (Å²) in [5, 5.41) is 6.34. The van der Waals surface area contributed by atoms with Gasteiger partial charge in [0.05, 0.1) is 5.92 Å². The van der Waals surface area contributed by atoms with Gasteiger partial charge in [0.15, 0.2) is 0 Å². The number of nitrogens with one attached hydrogen (secondary N) is 2. The smallest absolute Gasteiger partial charge is 0.225 e. The summed E-state index contributed by atoms with van der Waals surface area (Å²) in [4.78, 5) is 11.8. The second-order valence-electron chi connectivity index (χ2n) is 5.72. The van der Waals surface area contributed by atoms with Crippen LogP contribution in [0, 0.1) is 17.8 Å². The summed E-state index contributed by atoms with van der Waals surface area (Å²) in [5.41, 5.74) is 0. The Morgan fingerprint density at radius 3 is 2.18 bits per heavy atom. The predicted molar refractivity (Wildman–Crippen MR) is 72.3 cm³/mol. The number of hydrogen-bond donors (Lipinski definition) is 2. The molecule has 100 valence electrons. The minimum Gasteiger partial charge on any atom is -0.353 e. The molecule has 2 aliphatic rings. The molecule has 1 saturated heterocycles. The van der Waals surface area contributed by atoms with E-state index in [4.69, 9.17) is 0 Å². The molecule has 1 amide bonds. The molecule has 0 unspecified atom stereocenters. The molecule has 1 heterocycles. The van der Waals surface area contributed by atoms with E-state index in [2.05, 4.69) is 24.5 Å². The fraction of sp³-hybridized carbons (Fsp3) is 0.923. The van der Waals surface area contributed by atoms with E-state index in [1.807, 2.05) is 0 Å². The van der Waals surface area contributed by atoms with E-state index in [1.54, 1.807) is 0 Å². The van der Waals surface area contributed by atoms with Crippen LogP contribution in [0.15, 0.2) is 0 Å². The maximum Gasteiger partial charge on any atom is 0.225 e. The SMILES string of the molecule is CC(C)C1CCC(NC(=O)C2CNC2)CC1.Cl. The van der Waals surface area contributed by atoms with Crippen molar-refractivity contribution in [2.45, 2.75) is 45.6 Å². The Bertz CT molecular complexity index is 246. The van der Waals surface area contributed by atoms with E-state index in [1.165, 1.54) is 25.7 Å². The van der Waals surface area contributed by atoms with Crippen LogP contribution in [0.2, 0.25) is 0 Å². The summed E-state index contributed by atoms with van der Waals surface area (Å²) in [6.45, 7) is 6.35. The van der Waals surface area contributed by atoms with Crippen molar-refractivity contribution in [2.75, 3.05) is 13.1 Å². The Hall–Kier alpha value is -0.280. The first-order chi connectivity index (χ1) is 7.66. The van der Waals surface area contributed by atoms with Crippen LogP contribution in [0.25, 0.3) is 0 Å². The zero-order valence-electron chi connectivity index (χ0n) is 10.9.